The number of rotatable bonds is 39. The first-order valence-electron chi connectivity index (χ1n) is 35.4. The summed E-state index contributed by atoms with van der Waals surface area (Å²) >= 11 is 5.57. The molecule has 0 bridgehead atoms. The Morgan fingerprint density at radius 2 is 0.937 bits per heavy atom. The van der Waals surface area contributed by atoms with E-state index in [0.29, 0.717) is 120 Å². The van der Waals surface area contributed by atoms with Crippen molar-refractivity contribution >= 4 is 103 Å². The summed E-state index contributed by atoms with van der Waals surface area (Å²) in [5.74, 6) is -4.04. The molecule has 0 saturated carbocycles. The molecule has 10 atom stereocenters. The molecule has 12 N–H and O–H groups in total. The Morgan fingerprint density at radius 3 is 1.32 bits per heavy atom. The van der Waals surface area contributed by atoms with E-state index in [1.165, 1.54) is 29.7 Å². The number of carboxylic acid groups (broad SMARTS) is 4. The second-order valence-electron chi connectivity index (χ2n) is 26.3. The number of fused-ring (bicyclic) bond motifs is 4. The van der Waals surface area contributed by atoms with Gasteiger partial charge in [-0.15, -0.1) is 0 Å². The van der Waals surface area contributed by atoms with Crippen LogP contribution in [0.1, 0.15) is 93.0 Å². The molecule has 0 spiro atoms. The van der Waals surface area contributed by atoms with Crippen LogP contribution in [0.5, 0.6) is 0 Å². The van der Waals surface area contributed by atoms with Gasteiger partial charge >= 0.3 is 0 Å². The van der Waals surface area contributed by atoms with Gasteiger partial charge in [0.2, 0.25) is 11.9 Å². The monoisotopic (exact) mass is 1600 g/mol. The smallest absolute Gasteiger partial charge is 0.268 e. The number of ether oxygens (including phenoxy) is 2. The third-order valence-corrected chi connectivity index (χ3v) is 20.1. The van der Waals surface area contributed by atoms with Crippen molar-refractivity contribution in [2.45, 2.75) is 133 Å². The van der Waals surface area contributed by atoms with Crippen molar-refractivity contribution < 1.29 is 105 Å². The highest BCUT2D eigenvalue weighted by Crippen LogP contribution is 2.52. The molecule has 600 valence electrons. The molecule has 0 amide bonds. The topological polar surface area (TPSA) is 612 Å². The Labute approximate surface area is 638 Å². The van der Waals surface area contributed by atoms with Crippen molar-refractivity contribution in [1.82, 2.24) is 74.3 Å². The molecule has 0 aliphatic carbocycles. The lowest BCUT2D eigenvalue weighted by atomic mass is 10.1. The predicted octanol–water partition coefficient (Wildman–Crippen LogP) is -3.53. The molecule has 45 heteroatoms. The van der Waals surface area contributed by atoms with Crippen LogP contribution >= 0.6 is 27.9 Å². The molecule has 12 heterocycles. The number of aliphatic hydroxyl groups is 2. The van der Waals surface area contributed by atoms with E-state index >= 15 is 0 Å². The second-order valence-corrected chi connectivity index (χ2v) is 29.5. The number of aliphatic carboxylic acids is 4. The summed E-state index contributed by atoms with van der Waals surface area (Å²) in [5, 5.41) is 81.7. The highest BCUT2D eigenvalue weighted by atomic mass is 32.1. The van der Waals surface area contributed by atoms with Gasteiger partial charge in [0.15, 0.2) is 51.5 Å². The number of carbonyl (C=O) groups is 4. The van der Waals surface area contributed by atoms with Crippen LogP contribution in [-0.4, -0.2) is 218 Å². The Kier molecular flexibility index (Phi) is 28.4. The maximum Gasteiger partial charge on any atom is 0.268 e. The van der Waals surface area contributed by atoms with Crippen LogP contribution < -0.4 is 68.7 Å². The third kappa shape index (κ3) is 22.5. The minimum absolute atomic E-state index is 0.103. The number of nitrogens with two attached hydrogens (primary N) is 3. The Bertz CT molecular complexity index is 4450. The molecule has 111 heavy (non-hydrogen) atoms. The number of pyridine rings is 2. The summed E-state index contributed by atoms with van der Waals surface area (Å²) in [4.78, 5) is 109. The number of aromatic nitrogens is 10. The van der Waals surface area contributed by atoms with Crippen molar-refractivity contribution in [3.05, 3.63) is 96.5 Å². The van der Waals surface area contributed by atoms with E-state index in [4.69, 9.17) is 71.3 Å². The number of carbonyl (C=O) groups excluding carboxylic acids is 4. The van der Waals surface area contributed by atoms with E-state index in [1.54, 1.807) is 41.0 Å². The fourth-order valence-electron chi connectivity index (χ4n) is 13.0. The van der Waals surface area contributed by atoms with Gasteiger partial charge in [0.1, 0.15) is 60.8 Å². The highest BCUT2D eigenvalue weighted by molar-refractivity contribution is 7.80. The largest absolute Gasteiger partial charge is 0.756 e. The predicted molar refractivity (Wildman–Crippen MR) is 381 cm³/mol. The number of furan rings is 2. The van der Waals surface area contributed by atoms with Crippen LogP contribution in [0.3, 0.4) is 0 Å². The van der Waals surface area contributed by atoms with Gasteiger partial charge in [0.05, 0.1) is 72.4 Å². The fourth-order valence-corrected chi connectivity index (χ4v) is 15.1. The van der Waals surface area contributed by atoms with Gasteiger partial charge in [0, 0.05) is 89.7 Å². The molecule has 0 radical (unpaired) electrons. The number of phosphoric ester groups is 2. The molecule has 0 aromatic carbocycles. The van der Waals surface area contributed by atoms with Crippen LogP contribution in [0.2, 0.25) is 0 Å². The normalized spacial score (nSPS) is 22.2. The number of unbranched alkanes of at least 4 members (excludes halogenated alkanes) is 6. The second kappa shape index (κ2) is 38.2. The number of hydrogen-bond donors (Lipinski definition) is 9. The molecular weight excluding hydrogens is 1520 g/mol. The number of aliphatic hydroxyl groups excluding tert-OH is 2. The standard InChI is InChI=1S/C51H64N13O16PS.C15H24N7O6P/c52-47-44-48(57-30-56-47)64(49-45(73)46-39(79-49)29-78-81(74,75)80-46)50(60-44)53-11-3-1-4-12-54-51(82)55-13-5-2-6-14-61(21-33-17-31(37-9-7-15-76-37)19-35(58-33)23-62(25-40(65)66)26-41(67)68)22-34-18-32(38-10-8-16-77-38)20-36(59-34)24-63(27-42(69)70)28-43(71)72;16-4-2-1-3-5-18-15-21-9-12(17)19-7-20-13(9)22(15)14-10(23)11-8(27-14)6-26-29(24,25)28-11/h7-10,15-20,30,39,45-46,49,73H,1-6,11-14,21-29H2,(H,53,60)(H,65,66)(H,67,68)(H,69,70)(H,71,72)(H,74,75)(H2,52,56,57)(H2,54,55,82);7-8,10-11,14,23H,1-6,16H2,(H,18,21)(H,24,25)(H2,17,19,20)/p-6/t39-,45+,46?,49-;8-,10+,11?,14-/m11/s1. The number of imidazole rings is 2. The average molecular weight is 1600 g/mol. The van der Waals surface area contributed by atoms with Gasteiger partial charge in [-0.3, -0.25) is 42.9 Å². The van der Waals surface area contributed by atoms with Gasteiger partial charge < -0.3 is 134 Å². The van der Waals surface area contributed by atoms with Gasteiger partial charge in [-0.2, -0.15) is 0 Å². The fraction of sp³-hybridized carbons (Fsp3) is 0.500. The Balaban J connectivity index is 0.000000349. The summed E-state index contributed by atoms with van der Waals surface area (Å²) in [5.41, 5.74) is 21.7. The molecule has 12 rings (SSSR count). The molecular formula is C66H82N20O22P2S-6. The molecule has 8 aromatic heterocycles. The summed E-state index contributed by atoms with van der Waals surface area (Å²) in [6.07, 6.45) is 3.93. The number of phosphoric acid groups is 2. The maximum absolute atomic E-state index is 12.0. The summed E-state index contributed by atoms with van der Waals surface area (Å²) in [7, 11) is -9.09. The third-order valence-electron chi connectivity index (χ3n) is 17.9. The number of carboxylic acids is 4. The van der Waals surface area contributed by atoms with Crippen LogP contribution in [0.4, 0.5) is 23.5 Å². The van der Waals surface area contributed by atoms with Gasteiger partial charge in [-0.05, 0) is 119 Å². The van der Waals surface area contributed by atoms with E-state index in [-0.39, 0.29) is 68.1 Å². The lowest BCUT2D eigenvalue weighted by Gasteiger charge is -2.34. The number of hydrogen-bond acceptors (Lipinski definition) is 39. The van der Waals surface area contributed by atoms with E-state index in [1.807, 2.05) is 12.1 Å². The van der Waals surface area contributed by atoms with E-state index in [2.05, 4.69) is 60.6 Å². The number of anilines is 4. The summed E-state index contributed by atoms with van der Waals surface area (Å²) in [6.45, 7) is 0.0816. The zero-order valence-corrected chi connectivity index (χ0v) is 62.2. The highest BCUT2D eigenvalue weighted by Gasteiger charge is 2.53. The summed E-state index contributed by atoms with van der Waals surface area (Å²) in [6, 6.07) is 13.8. The molecule has 4 saturated heterocycles. The van der Waals surface area contributed by atoms with Crippen molar-refractivity contribution in [2.75, 3.05) is 101 Å². The Hall–Kier alpha value is -9.37. The zero-order chi connectivity index (χ0) is 78.9. The number of nitrogens with one attached hydrogen (secondary N) is 4. The van der Waals surface area contributed by atoms with Gasteiger partial charge in [-0.25, -0.2) is 29.9 Å². The van der Waals surface area contributed by atoms with Gasteiger partial charge in [0.25, 0.3) is 15.6 Å². The number of thiocarbonyl (C=S) groups is 1. The van der Waals surface area contributed by atoms with Crippen LogP contribution in [0.25, 0.3) is 45.0 Å². The SMILES string of the molecule is NCCCCCNc1nc2c(N)ncnc2n1[C@@H]1O[C@@H]2COP(=O)([O-])OC2[C@@H]1O.Nc1ncnc2c1nc(NCCCCCNC(=S)NCCCCCN(Cc1cc(-c3ccco3)cc(CN(CC(=O)[O-])CC(=O)[O-])n1)Cc1cc(-c3ccco3)cc(CN(CC(=O)[O-])CC(=O)[O-])n1)n2[C@@H]1O[C@@H]2COP(=O)([O-])OC2[C@@H]1O. The lowest BCUT2D eigenvalue weighted by Crippen LogP contribution is -2.43. The van der Waals surface area contributed by atoms with Crippen molar-refractivity contribution in [3.8, 4) is 22.6 Å². The van der Waals surface area contributed by atoms with Crippen LogP contribution in [-0.2, 0) is 82.1 Å². The molecule has 4 unspecified atom stereocenters. The maximum atomic E-state index is 12.0. The molecule has 4 fully saturated rings. The van der Waals surface area contributed by atoms with Crippen LogP contribution in [0, 0.1) is 0 Å². The Morgan fingerprint density at radius 1 is 0.550 bits per heavy atom. The lowest BCUT2D eigenvalue weighted by molar-refractivity contribution is -0.313. The molecule has 42 nitrogen and oxygen atoms in total. The first kappa shape index (κ1) is 82.6. The molecule has 8 aromatic rings. The van der Waals surface area contributed by atoms with E-state index in [9.17, 15) is 68.7 Å². The van der Waals surface area contributed by atoms with E-state index < -0.39 is 115 Å². The zero-order valence-electron chi connectivity index (χ0n) is 59.6. The molecule has 4 aliphatic rings. The first-order valence-corrected chi connectivity index (χ1v) is 38.8. The number of nitrogen functional groups attached to an aromatic ring is 2. The molecule has 4 aliphatic heterocycles. The van der Waals surface area contributed by atoms with Crippen molar-refractivity contribution in [3.63, 3.8) is 0 Å². The minimum Gasteiger partial charge on any atom is -0.756 e. The van der Waals surface area contributed by atoms with Crippen LogP contribution in [0.15, 0.2) is 82.5 Å². The van der Waals surface area contributed by atoms with Crippen molar-refractivity contribution in [2.24, 2.45) is 5.73 Å². The van der Waals surface area contributed by atoms with E-state index in [0.717, 1.165) is 54.7 Å². The number of nitrogens with zero attached hydrogens (tertiary/aromatic N) is 13. The minimum atomic E-state index is -4.61. The average Bonchev–Trinajstić information content (AvgIpc) is 1.60. The summed E-state index contributed by atoms with van der Waals surface area (Å²) < 4.78 is 69.3. The quantitative estimate of drug-likeness (QED) is 0.0102. The van der Waals surface area contributed by atoms with Crippen molar-refractivity contribution in [1.29, 1.82) is 0 Å². The van der Waals surface area contributed by atoms with Gasteiger partial charge in [-0.1, -0.05) is 12.8 Å². The first-order chi connectivity index (χ1) is 53.3.